The van der Waals surface area contributed by atoms with Crippen LogP contribution in [0.3, 0.4) is 0 Å². The molecule has 1 amide bonds. The third-order valence-electron chi connectivity index (χ3n) is 6.76. The number of carbonyl (C=O) groups excluding carboxylic acids is 1. The summed E-state index contributed by atoms with van der Waals surface area (Å²) in [5, 5.41) is 2.86. The van der Waals surface area contributed by atoms with Crippen molar-refractivity contribution in [2.45, 2.75) is 30.4 Å². The fourth-order valence-corrected chi connectivity index (χ4v) is 20.3. The zero-order valence-corrected chi connectivity index (χ0v) is 24.6. The summed E-state index contributed by atoms with van der Waals surface area (Å²) in [7, 11) is 0. The number of nitrogens with one attached hydrogen (secondary N) is 1. The van der Waals surface area contributed by atoms with Gasteiger partial charge in [-0.15, -0.1) is 0 Å². The summed E-state index contributed by atoms with van der Waals surface area (Å²) >= 11 is -2.27. The molecule has 36 heavy (non-hydrogen) atoms. The Labute approximate surface area is 234 Å². The van der Waals surface area contributed by atoms with Gasteiger partial charge in [0.15, 0.2) is 0 Å². The predicted molar refractivity (Wildman–Crippen MR) is 141 cm³/mol. The van der Waals surface area contributed by atoms with Gasteiger partial charge in [-0.25, -0.2) is 0 Å². The Hall–Kier alpha value is -2.14. The van der Waals surface area contributed by atoms with Gasteiger partial charge in [0.2, 0.25) is 0 Å². The number of carbonyl (C=O) groups is 1. The molecule has 0 fully saturated rings. The fraction of sp³-hybridized carbons (Fsp3) is 0.167. The fourth-order valence-electron chi connectivity index (χ4n) is 5.20. The van der Waals surface area contributed by atoms with Gasteiger partial charge >= 0.3 is 211 Å². The van der Waals surface area contributed by atoms with Crippen LogP contribution >= 0.6 is 0 Å². The molecule has 0 bridgehead atoms. The first-order valence-corrected chi connectivity index (χ1v) is 18.3. The van der Waals surface area contributed by atoms with E-state index >= 15 is 0 Å². The van der Waals surface area contributed by atoms with Crippen molar-refractivity contribution < 1.29 is 47.0 Å². The van der Waals surface area contributed by atoms with Gasteiger partial charge in [0.25, 0.3) is 0 Å². The van der Waals surface area contributed by atoms with E-state index in [-0.39, 0.29) is 30.7 Å². The summed E-state index contributed by atoms with van der Waals surface area (Å²) in [4.78, 5) is 13.3. The maximum Gasteiger partial charge on any atom is -1.00 e. The van der Waals surface area contributed by atoms with Crippen LogP contribution in [0.4, 0.5) is 0 Å². The number of fused-ring (bicyclic) bond motifs is 3. The van der Waals surface area contributed by atoms with Crippen LogP contribution < -0.4 is 39.0 Å². The van der Waals surface area contributed by atoms with Crippen molar-refractivity contribution in [2.75, 3.05) is 0 Å². The molecule has 0 heterocycles. The first-order chi connectivity index (χ1) is 16.8. The molecule has 0 spiro atoms. The zero-order valence-electron chi connectivity index (χ0n) is 20.3. The van der Waals surface area contributed by atoms with Crippen LogP contribution in [0.2, 0.25) is 0 Å². The first kappa shape index (κ1) is 28.4. The molecule has 4 aromatic rings. The van der Waals surface area contributed by atoms with Gasteiger partial charge in [-0.1, -0.05) is 0 Å². The number of amides is 1. The van der Waals surface area contributed by atoms with Crippen LogP contribution in [0.25, 0.3) is 11.1 Å². The van der Waals surface area contributed by atoms with E-state index in [9.17, 15) is 4.79 Å². The van der Waals surface area contributed by atoms with Crippen molar-refractivity contribution in [3.63, 3.8) is 0 Å². The van der Waals surface area contributed by atoms with E-state index in [1.807, 2.05) is 0 Å². The molecule has 1 aliphatic carbocycles. The molecule has 0 aliphatic heterocycles. The van der Waals surface area contributed by atoms with E-state index in [4.69, 9.17) is 0 Å². The summed E-state index contributed by atoms with van der Waals surface area (Å²) in [6.07, 6.45) is 2.60. The summed E-state index contributed by atoms with van der Waals surface area (Å²) < 4.78 is 4.06. The smallest absolute Gasteiger partial charge is 1.00 e. The van der Waals surface area contributed by atoms with Crippen LogP contribution in [-0.2, 0) is 22.2 Å². The van der Waals surface area contributed by atoms with Gasteiger partial charge in [0.05, 0.1) is 0 Å². The molecule has 0 unspecified atom stereocenters. The molecular weight excluding hydrogens is 537 g/mol. The standard InChI is InChI=1S/C13H9.C12H11Si.C5H11NO.2ClH.Ti/c1-3-7-12-10(5-1)9-11-6-2-4-8-13(11)12;1-3-7-11(8-4-1)13-12-9-5-2-6-10-12;1-2-3-4-5(6)7;;;/h1-9H;1-10,13H;2-4H2,1H3,(H2,6,7);2*1H;/q;;;;;+3/p-3. The van der Waals surface area contributed by atoms with Crippen LogP contribution in [0, 0.1) is 0 Å². The largest absolute Gasteiger partial charge is 1.00 e. The molecule has 0 saturated heterocycles. The maximum absolute atomic E-state index is 13.3. The Morgan fingerprint density at radius 2 is 1.17 bits per heavy atom. The van der Waals surface area contributed by atoms with E-state index in [1.54, 1.807) is 0 Å². The number of rotatable bonds is 8. The minimum atomic E-state index is -2.27. The Morgan fingerprint density at radius 1 is 0.722 bits per heavy atom. The summed E-state index contributed by atoms with van der Waals surface area (Å²) in [5.41, 5.74) is 5.48. The van der Waals surface area contributed by atoms with Crippen molar-refractivity contribution in [1.29, 1.82) is 0 Å². The second-order valence-electron chi connectivity index (χ2n) is 8.97. The first-order valence-electron chi connectivity index (χ1n) is 12.2. The van der Waals surface area contributed by atoms with Gasteiger partial charge in [-0.2, -0.15) is 0 Å². The molecule has 0 atom stereocenters. The Kier molecular flexibility index (Phi) is 10.6. The van der Waals surface area contributed by atoms with Gasteiger partial charge in [0, 0.05) is 0 Å². The molecule has 1 aliphatic rings. The van der Waals surface area contributed by atoms with Gasteiger partial charge < -0.3 is 24.8 Å². The second-order valence-corrected chi connectivity index (χ2v) is 19.2. The monoisotopic (exact) mass is 566 g/mol. The molecular formula is C30H30Cl2NOSiTi. The topological polar surface area (TPSA) is 29.1 Å². The SMILES string of the molecule is CCCCC(=O)[NH][Ti+2]([CH]1c2ccccc2-c2ccccc21)[SiH](c1ccccc1)c1ccccc1.[Cl-].[Cl-]. The molecule has 5 rings (SSSR count). The molecule has 183 valence electrons. The van der Waals surface area contributed by atoms with E-state index in [1.165, 1.54) is 32.6 Å². The predicted octanol–water partition coefficient (Wildman–Crippen LogP) is -0.858. The average molecular weight is 567 g/mol. The normalized spacial score (nSPS) is 11.6. The number of benzene rings is 4. The Balaban J connectivity index is 0.00000180. The van der Waals surface area contributed by atoms with Crippen molar-refractivity contribution >= 4 is 22.9 Å². The van der Waals surface area contributed by atoms with E-state index in [0.717, 1.165) is 12.8 Å². The zero-order chi connectivity index (χ0) is 23.3. The number of unbranched alkanes of at least 4 members (excludes halogenated alkanes) is 1. The third-order valence-corrected chi connectivity index (χ3v) is 20.3. The number of hydrogen-bond donors (Lipinski definition) is 1. The summed E-state index contributed by atoms with van der Waals surface area (Å²) in [6.45, 7) is 0.461. The van der Waals surface area contributed by atoms with Crippen molar-refractivity contribution in [1.82, 2.24) is 3.80 Å². The Bertz CT molecular complexity index is 1190. The molecule has 0 radical (unpaired) electrons. The molecule has 2 nitrogen and oxygen atoms in total. The Morgan fingerprint density at radius 3 is 1.64 bits per heavy atom. The molecule has 4 aromatic carbocycles. The van der Waals surface area contributed by atoms with Crippen molar-refractivity contribution in [3.8, 4) is 11.1 Å². The van der Waals surface area contributed by atoms with Crippen molar-refractivity contribution in [2.24, 2.45) is 0 Å². The number of halogens is 2. The van der Waals surface area contributed by atoms with E-state index in [0.29, 0.717) is 10.6 Å². The number of hydrogen-bond acceptors (Lipinski definition) is 1. The second kappa shape index (κ2) is 13.4. The molecule has 6 heteroatoms. The van der Waals surface area contributed by atoms with Crippen LogP contribution in [-0.4, -0.2) is 12.6 Å². The minimum Gasteiger partial charge on any atom is -1.00 e. The van der Waals surface area contributed by atoms with Gasteiger partial charge in [0.1, 0.15) is 0 Å². The van der Waals surface area contributed by atoms with Crippen molar-refractivity contribution in [3.05, 3.63) is 120 Å². The minimum absolute atomic E-state index is 0. The average Bonchev–Trinajstić information content (AvgIpc) is 3.23. The quantitative estimate of drug-likeness (QED) is 0.276. The van der Waals surface area contributed by atoms with Crippen LogP contribution in [0.15, 0.2) is 109 Å². The maximum atomic E-state index is 13.3. The third kappa shape index (κ3) is 5.88. The summed E-state index contributed by atoms with van der Waals surface area (Å²) in [6, 6.07) is 39.7. The van der Waals surface area contributed by atoms with Crippen LogP contribution in [0.1, 0.15) is 41.5 Å². The molecule has 1 N–H and O–H groups in total. The molecule has 0 saturated carbocycles. The van der Waals surface area contributed by atoms with E-state index < -0.39 is 24.0 Å². The van der Waals surface area contributed by atoms with Gasteiger partial charge in [-0.3, -0.25) is 0 Å². The molecule has 0 aromatic heterocycles. The van der Waals surface area contributed by atoms with E-state index in [2.05, 4.69) is 120 Å². The van der Waals surface area contributed by atoms with Crippen LogP contribution in [0.5, 0.6) is 0 Å². The van der Waals surface area contributed by atoms with Gasteiger partial charge in [-0.05, 0) is 0 Å². The summed E-state index contributed by atoms with van der Waals surface area (Å²) in [5.74, 6) is 0.239.